The summed E-state index contributed by atoms with van der Waals surface area (Å²) < 4.78 is 0. The lowest BCUT2D eigenvalue weighted by Crippen LogP contribution is -2.12. The van der Waals surface area contributed by atoms with Gasteiger partial charge in [0.2, 0.25) is 5.91 Å². The van der Waals surface area contributed by atoms with Crippen molar-refractivity contribution in [2.24, 2.45) is 5.73 Å². The topological polar surface area (TPSA) is 56.0 Å². The van der Waals surface area contributed by atoms with E-state index in [1.165, 1.54) is 0 Å². The normalized spacial score (nSPS) is 10.1. The Morgan fingerprint density at radius 2 is 1.81 bits per heavy atom. The zero-order valence-electron chi connectivity index (χ0n) is 8.97. The van der Waals surface area contributed by atoms with Gasteiger partial charge in [0.1, 0.15) is 0 Å². The van der Waals surface area contributed by atoms with Crippen molar-refractivity contribution in [1.29, 1.82) is 0 Å². The first kappa shape index (κ1) is 10.4. The standard InChI is InChI=1S/C13H12N2O/c1-9-8-11(2-3-12(9)13(14)16)10-4-6-15-7-5-10/h2-8H,1H3,(H2,14,16). The Morgan fingerprint density at radius 1 is 1.12 bits per heavy atom. The summed E-state index contributed by atoms with van der Waals surface area (Å²) in [5, 5.41) is 0. The monoisotopic (exact) mass is 212 g/mol. The number of hydrogen-bond donors (Lipinski definition) is 1. The molecule has 0 radical (unpaired) electrons. The molecule has 2 N–H and O–H groups in total. The third-order valence-electron chi connectivity index (χ3n) is 2.51. The Bertz CT molecular complexity index is 521. The molecule has 1 aromatic heterocycles. The molecule has 0 aliphatic rings. The third kappa shape index (κ3) is 1.93. The van der Waals surface area contributed by atoms with E-state index in [1.807, 2.05) is 31.2 Å². The van der Waals surface area contributed by atoms with E-state index in [1.54, 1.807) is 18.5 Å². The molecule has 0 saturated carbocycles. The fourth-order valence-corrected chi connectivity index (χ4v) is 1.66. The van der Waals surface area contributed by atoms with Gasteiger partial charge in [-0.3, -0.25) is 9.78 Å². The number of aryl methyl sites for hydroxylation is 1. The molecule has 0 saturated heterocycles. The number of aromatic nitrogens is 1. The highest BCUT2D eigenvalue weighted by Gasteiger charge is 2.05. The molecule has 3 heteroatoms. The molecule has 1 aromatic carbocycles. The summed E-state index contributed by atoms with van der Waals surface area (Å²) in [6, 6.07) is 9.46. The van der Waals surface area contributed by atoms with Crippen molar-refractivity contribution in [3.8, 4) is 11.1 Å². The van der Waals surface area contributed by atoms with Gasteiger partial charge in [-0.1, -0.05) is 12.1 Å². The number of primary amides is 1. The van der Waals surface area contributed by atoms with Crippen LogP contribution < -0.4 is 5.73 Å². The van der Waals surface area contributed by atoms with Crippen molar-refractivity contribution in [3.05, 3.63) is 53.9 Å². The van der Waals surface area contributed by atoms with E-state index in [9.17, 15) is 4.79 Å². The van der Waals surface area contributed by atoms with E-state index in [0.717, 1.165) is 16.7 Å². The summed E-state index contributed by atoms with van der Waals surface area (Å²) in [6.45, 7) is 1.88. The summed E-state index contributed by atoms with van der Waals surface area (Å²) in [5.41, 5.74) is 8.85. The lowest BCUT2D eigenvalue weighted by molar-refractivity contribution is 0.1000. The van der Waals surface area contributed by atoms with Crippen LogP contribution in [0.3, 0.4) is 0 Å². The highest BCUT2D eigenvalue weighted by Crippen LogP contribution is 2.21. The van der Waals surface area contributed by atoms with Crippen molar-refractivity contribution in [2.75, 3.05) is 0 Å². The molecule has 0 aliphatic heterocycles. The van der Waals surface area contributed by atoms with Crippen LogP contribution in [0.2, 0.25) is 0 Å². The van der Waals surface area contributed by atoms with Crippen LogP contribution in [-0.4, -0.2) is 10.9 Å². The maximum atomic E-state index is 11.1. The van der Waals surface area contributed by atoms with E-state index in [0.29, 0.717) is 5.56 Å². The number of nitrogens with two attached hydrogens (primary N) is 1. The zero-order chi connectivity index (χ0) is 11.5. The first-order valence-corrected chi connectivity index (χ1v) is 4.99. The van der Waals surface area contributed by atoms with Crippen molar-refractivity contribution >= 4 is 5.91 Å². The molecule has 0 fully saturated rings. The van der Waals surface area contributed by atoms with Crippen LogP contribution in [0.1, 0.15) is 15.9 Å². The van der Waals surface area contributed by atoms with E-state index in [2.05, 4.69) is 4.98 Å². The van der Waals surface area contributed by atoms with E-state index in [4.69, 9.17) is 5.73 Å². The fraction of sp³-hybridized carbons (Fsp3) is 0.0769. The quantitative estimate of drug-likeness (QED) is 0.829. The SMILES string of the molecule is Cc1cc(-c2ccncc2)ccc1C(N)=O. The molecule has 1 amide bonds. The van der Waals surface area contributed by atoms with E-state index < -0.39 is 5.91 Å². The first-order chi connectivity index (χ1) is 7.68. The van der Waals surface area contributed by atoms with Gasteiger partial charge >= 0.3 is 0 Å². The molecule has 2 aromatic rings. The maximum Gasteiger partial charge on any atom is 0.248 e. The number of amides is 1. The molecule has 80 valence electrons. The fourth-order valence-electron chi connectivity index (χ4n) is 1.66. The van der Waals surface area contributed by atoms with Crippen LogP contribution in [0.25, 0.3) is 11.1 Å². The number of rotatable bonds is 2. The summed E-state index contributed by atoms with van der Waals surface area (Å²) in [6.07, 6.45) is 3.49. The summed E-state index contributed by atoms with van der Waals surface area (Å²) in [5.74, 6) is -0.390. The molecule has 0 bridgehead atoms. The highest BCUT2D eigenvalue weighted by atomic mass is 16.1. The average Bonchev–Trinajstić information content (AvgIpc) is 2.29. The molecule has 2 rings (SSSR count). The summed E-state index contributed by atoms with van der Waals surface area (Å²) >= 11 is 0. The second kappa shape index (κ2) is 4.14. The molecule has 0 aliphatic carbocycles. The Morgan fingerprint density at radius 3 is 2.38 bits per heavy atom. The first-order valence-electron chi connectivity index (χ1n) is 4.99. The number of pyridine rings is 1. The molecule has 3 nitrogen and oxygen atoms in total. The molecule has 1 heterocycles. The third-order valence-corrected chi connectivity index (χ3v) is 2.51. The largest absolute Gasteiger partial charge is 0.366 e. The van der Waals surface area contributed by atoms with Crippen molar-refractivity contribution in [1.82, 2.24) is 4.98 Å². The number of benzene rings is 1. The van der Waals surface area contributed by atoms with Gasteiger partial charge in [0.15, 0.2) is 0 Å². The van der Waals surface area contributed by atoms with Gasteiger partial charge in [-0.2, -0.15) is 0 Å². The predicted molar refractivity (Wildman–Crippen MR) is 62.9 cm³/mol. The smallest absolute Gasteiger partial charge is 0.248 e. The van der Waals surface area contributed by atoms with Crippen LogP contribution in [0.15, 0.2) is 42.7 Å². The number of nitrogens with zero attached hydrogens (tertiary/aromatic N) is 1. The molecular weight excluding hydrogens is 200 g/mol. The Kier molecular flexibility index (Phi) is 2.68. The minimum absolute atomic E-state index is 0.390. The second-order valence-electron chi connectivity index (χ2n) is 3.63. The van der Waals surface area contributed by atoms with Gasteiger partial charge in [-0.15, -0.1) is 0 Å². The van der Waals surface area contributed by atoms with Crippen LogP contribution >= 0.6 is 0 Å². The molecule has 0 unspecified atom stereocenters. The van der Waals surface area contributed by atoms with Gasteiger partial charge < -0.3 is 5.73 Å². The lowest BCUT2D eigenvalue weighted by Gasteiger charge is -2.05. The van der Waals surface area contributed by atoms with E-state index >= 15 is 0 Å². The predicted octanol–water partition coefficient (Wildman–Crippen LogP) is 2.16. The lowest BCUT2D eigenvalue weighted by atomic mass is 10.0. The summed E-state index contributed by atoms with van der Waals surface area (Å²) in [4.78, 5) is 15.0. The van der Waals surface area contributed by atoms with E-state index in [-0.39, 0.29) is 0 Å². The minimum Gasteiger partial charge on any atom is -0.366 e. The molecule has 0 spiro atoms. The van der Waals surface area contributed by atoms with Gasteiger partial charge in [-0.25, -0.2) is 0 Å². The minimum atomic E-state index is -0.390. The average molecular weight is 212 g/mol. The van der Waals surface area contributed by atoms with Crippen LogP contribution in [0.4, 0.5) is 0 Å². The van der Waals surface area contributed by atoms with Crippen molar-refractivity contribution < 1.29 is 4.79 Å². The Balaban J connectivity index is 2.46. The number of carbonyl (C=O) groups is 1. The maximum absolute atomic E-state index is 11.1. The van der Waals surface area contributed by atoms with Gasteiger partial charge in [-0.05, 0) is 41.8 Å². The van der Waals surface area contributed by atoms with Crippen LogP contribution in [0.5, 0.6) is 0 Å². The van der Waals surface area contributed by atoms with Crippen molar-refractivity contribution in [3.63, 3.8) is 0 Å². The molecule has 16 heavy (non-hydrogen) atoms. The highest BCUT2D eigenvalue weighted by molar-refractivity contribution is 5.94. The van der Waals surface area contributed by atoms with Gasteiger partial charge in [0.25, 0.3) is 0 Å². The van der Waals surface area contributed by atoms with Gasteiger partial charge in [0.05, 0.1) is 0 Å². The second-order valence-corrected chi connectivity index (χ2v) is 3.63. The Labute approximate surface area is 93.9 Å². The summed E-state index contributed by atoms with van der Waals surface area (Å²) in [7, 11) is 0. The van der Waals surface area contributed by atoms with Crippen LogP contribution in [0, 0.1) is 6.92 Å². The van der Waals surface area contributed by atoms with Crippen LogP contribution in [-0.2, 0) is 0 Å². The van der Waals surface area contributed by atoms with Gasteiger partial charge in [0, 0.05) is 18.0 Å². The zero-order valence-corrected chi connectivity index (χ0v) is 8.97. The molecular formula is C13H12N2O. The number of carbonyl (C=O) groups excluding carboxylic acids is 1. The number of hydrogen-bond acceptors (Lipinski definition) is 2. The Hall–Kier alpha value is -2.16. The molecule has 0 atom stereocenters. The van der Waals surface area contributed by atoms with Crippen molar-refractivity contribution in [2.45, 2.75) is 6.92 Å².